The molecular weight excluding hydrogens is 206 g/mol. The topological polar surface area (TPSA) is 12.0 Å². The molecule has 0 aromatic carbocycles. The van der Waals surface area contributed by atoms with E-state index in [2.05, 4.69) is 56.3 Å². The average Bonchev–Trinajstić information content (AvgIpc) is 2.62. The quantitative estimate of drug-likeness (QED) is 0.574. The van der Waals surface area contributed by atoms with E-state index in [4.69, 9.17) is 0 Å². The molecule has 90 valence electrons. The maximum Gasteiger partial charge on any atom is 0.0571 e. The molecule has 2 unspecified atom stereocenters. The molecule has 1 nitrogen and oxygen atoms in total. The van der Waals surface area contributed by atoms with E-state index >= 15 is 0 Å². The Kier molecular flexibility index (Phi) is 4.40. The summed E-state index contributed by atoms with van der Waals surface area (Å²) in [6.07, 6.45) is 8.99. The van der Waals surface area contributed by atoms with Gasteiger partial charge in [0.1, 0.15) is 0 Å². The molecule has 0 aliphatic carbocycles. The Morgan fingerprint density at radius 2 is 2.18 bits per heavy atom. The molecule has 1 fully saturated rings. The number of hydrogen-bond donors (Lipinski definition) is 1. The molecule has 0 aromatic heterocycles. The zero-order valence-electron chi connectivity index (χ0n) is 11.0. The SMILES string of the molecule is C=CC1NC(=C/CC#CC)/C(=C\C)C1(C)C=C. The van der Waals surface area contributed by atoms with Gasteiger partial charge in [0.05, 0.1) is 6.04 Å². The number of nitrogens with one attached hydrogen (secondary N) is 1. The van der Waals surface area contributed by atoms with Crippen LogP contribution in [-0.4, -0.2) is 6.04 Å². The largest absolute Gasteiger partial charge is 0.378 e. The lowest BCUT2D eigenvalue weighted by molar-refractivity contribution is 0.477. The molecule has 17 heavy (non-hydrogen) atoms. The van der Waals surface area contributed by atoms with Crippen LogP contribution in [0.15, 0.2) is 48.7 Å². The van der Waals surface area contributed by atoms with Gasteiger partial charge in [0.2, 0.25) is 0 Å². The third-order valence-electron chi connectivity index (χ3n) is 3.36. The van der Waals surface area contributed by atoms with E-state index in [1.165, 1.54) is 5.57 Å². The highest BCUT2D eigenvalue weighted by Gasteiger charge is 2.40. The minimum absolute atomic E-state index is 0.0814. The third kappa shape index (κ3) is 2.36. The van der Waals surface area contributed by atoms with Gasteiger partial charge in [0.15, 0.2) is 0 Å². The summed E-state index contributed by atoms with van der Waals surface area (Å²) in [6, 6.07) is 0.201. The molecule has 0 bridgehead atoms. The number of hydrogen-bond acceptors (Lipinski definition) is 1. The first-order valence-corrected chi connectivity index (χ1v) is 5.93. The van der Waals surface area contributed by atoms with Gasteiger partial charge in [-0.3, -0.25) is 0 Å². The molecular formula is C16H21N. The van der Waals surface area contributed by atoms with E-state index in [1.54, 1.807) is 0 Å². The van der Waals surface area contributed by atoms with Crippen molar-refractivity contribution in [2.75, 3.05) is 0 Å². The zero-order chi connectivity index (χ0) is 12.9. The van der Waals surface area contributed by atoms with Gasteiger partial charge in [-0.2, -0.15) is 0 Å². The molecule has 1 saturated heterocycles. The highest BCUT2D eigenvalue weighted by Crippen LogP contribution is 2.42. The van der Waals surface area contributed by atoms with Crippen LogP contribution in [-0.2, 0) is 0 Å². The minimum Gasteiger partial charge on any atom is -0.378 e. The molecule has 1 heterocycles. The lowest BCUT2D eigenvalue weighted by atomic mass is 9.78. The van der Waals surface area contributed by atoms with Gasteiger partial charge in [0.25, 0.3) is 0 Å². The fraction of sp³-hybridized carbons (Fsp3) is 0.375. The average molecular weight is 227 g/mol. The summed E-state index contributed by atoms with van der Waals surface area (Å²) in [6.45, 7) is 14.0. The molecule has 0 spiro atoms. The smallest absolute Gasteiger partial charge is 0.0571 e. The van der Waals surface area contributed by atoms with Gasteiger partial charge in [-0.1, -0.05) is 24.1 Å². The molecule has 1 aliphatic heterocycles. The third-order valence-corrected chi connectivity index (χ3v) is 3.36. The fourth-order valence-electron chi connectivity index (χ4n) is 2.28. The first-order chi connectivity index (χ1) is 8.13. The van der Waals surface area contributed by atoms with Crippen molar-refractivity contribution in [1.82, 2.24) is 5.32 Å². The highest BCUT2D eigenvalue weighted by atomic mass is 15.0. The van der Waals surface area contributed by atoms with Gasteiger partial charge in [-0.05, 0) is 32.4 Å². The molecule has 0 aromatic rings. The van der Waals surface area contributed by atoms with Crippen LogP contribution in [0, 0.1) is 17.3 Å². The number of rotatable bonds is 3. The monoisotopic (exact) mass is 227 g/mol. The van der Waals surface area contributed by atoms with Crippen LogP contribution >= 0.6 is 0 Å². The standard InChI is InChI=1S/C16H21N/c1-6-10-11-12-14-13(7-2)16(5,9-4)15(8-3)17-14/h7-9,12,15,17H,3-4,11H2,1-2,5H3/b13-7+,14-12+. The van der Waals surface area contributed by atoms with Gasteiger partial charge in [-0.15, -0.1) is 19.1 Å². The summed E-state index contributed by atoms with van der Waals surface area (Å²) in [5.41, 5.74) is 2.35. The predicted molar refractivity (Wildman–Crippen MR) is 75.3 cm³/mol. The van der Waals surface area contributed by atoms with E-state index in [1.807, 2.05) is 19.1 Å². The molecule has 0 radical (unpaired) electrons. The van der Waals surface area contributed by atoms with Crippen molar-refractivity contribution >= 4 is 0 Å². The highest BCUT2D eigenvalue weighted by molar-refractivity contribution is 5.47. The summed E-state index contributed by atoms with van der Waals surface area (Å²) in [4.78, 5) is 0. The predicted octanol–water partition coefficient (Wildman–Crippen LogP) is 3.58. The summed E-state index contributed by atoms with van der Waals surface area (Å²) in [5, 5.41) is 3.48. The van der Waals surface area contributed by atoms with Crippen molar-refractivity contribution in [1.29, 1.82) is 0 Å². The van der Waals surface area contributed by atoms with E-state index in [9.17, 15) is 0 Å². The summed E-state index contributed by atoms with van der Waals surface area (Å²) >= 11 is 0. The maximum absolute atomic E-state index is 3.96. The van der Waals surface area contributed by atoms with Crippen LogP contribution in [0.2, 0.25) is 0 Å². The molecule has 1 aliphatic rings. The first kappa shape index (κ1) is 13.4. The van der Waals surface area contributed by atoms with Crippen molar-refractivity contribution < 1.29 is 0 Å². The van der Waals surface area contributed by atoms with Crippen molar-refractivity contribution in [3.8, 4) is 11.8 Å². The van der Waals surface area contributed by atoms with Gasteiger partial charge < -0.3 is 5.32 Å². The first-order valence-electron chi connectivity index (χ1n) is 5.93. The second-order valence-corrected chi connectivity index (χ2v) is 4.30. The van der Waals surface area contributed by atoms with Crippen molar-refractivity contribution in [3.63, 3.8) is 0 Å². The van der Waals surface area contributed by atoms with Crippen LogP contribution in [0.5, 0.6) is 0 Å². The lowest BCUT2D eigenvalue weighted by Crippen LogP contribution is -2.30. The lowest BCUT2D eigenvalue weighted by Gasteiger charge is -2.25. The molecule has 0 saturated carbocycles. The minimum atomic E-state index is -0.0814. The van der Waals surface area contributed by atoms with Crippen LogP contribution in [0.4, 0.5) is 0 Å². The van der Waals surface area contributed by atoms with Crippen molar-refractivity contribution in [2.45, 2.75) is 33.2 Å². The Morgan fingerprint density at radius 3 is 2.65 bits per heavy atom. The van der Waals surface area contributed by atoms with Crippen LogP contribution < -0.4 is 5.32 Å². The van der Waals surface area contributed by atoms with Crippen LogP contribution in [0.25, 0.3) is 0 Å². The Balaban J connectivity index is 3.12. The van der Waals surface area contributed by atoms with E-state index < -0.39 is 0 Å². The Hall–Kier alpha value is -1.68. The molecule has 1 N–H and O–H groups in total. The Morgan fingerprint density at radius 1 is 1.47 bits per heavy atom. The van der Waals surface area contributed by atoms with Crippen molar-refractivity contribution in [2.24, 2.45) is 5.41 Å². The van der Waals surface area contributed by atoms with E-state index in [-0.39, 0.29) is 11.5 Å². The normalized spacial score (nSPS) is 31.8. The maximum atomic E-state index is 3.96. The van der Waals surface area contributed by atoms with Crippen LogP contribution in [0.3, 0.4) is 0 Å². The zero-order valence-corrected chi connectivity index (χ0v) is 11.0. The molecule has 1 heteroatoms. The van der Waals surface area contributed by atoms with Gasteiger partial charge in [-0.25, -0.2) is 0 Å². The number of allylic oxidation sites excluding steroid dienone is 3. The Bertz CT molecular complexity index is 428. The Labute approximate surface area is 105 Å². The van der Waals surface area contributed by atoms with Gasteiger partial charge >= 0.3 is 0 Å². The van der Waals surface area contributed by atoms with Crippen molar-refractivity contribution in [3.05, 3.63) is 48.7 Å². The fourth-order valence-corrected chi connectivity index (χ4v) is 2.28. The molecule has 2 atom stereocenters. The summed E-state index contributed by atoms with van der Waals surface area (Å²) < 4.78 is 0. The van der Waals surface area contributed by atoms with E-state index in [0.717, 1.165) is 12.1 Å². The summed E-state index contributed by atoms with van der Waals surface area (Å²) in [5.74, 6) is 5.96. The van der Waals surface area contributed by atoms with Crippen LogP contribution in [0.1, 0.15) is 27.2 Å². The van der Waals surface area contributed by atoms with E-state index in [0.29, 0.717) is 0 Å². The second-order valence-electron chi connectivity index (χ2n) is 4.30. The summed E-state index contributed by atoms with van der Waals surface area (Å²) in [7, 11) is 0. The molecule has 0 amide bonds. The second kappa shape index (κ2) is 5.59. The molecule has 1 rings (SSSR count). The van der Waals surface area contributed by atoms with Gasteiger partial charge in [0, 0.05) is 17.5 Å².